The zero-order valence-corrected chi connectivity index (χ0v) is 13.2. The minimum Gasteiger partial charge on any atom is -0.316 e. The van der Waals surface area contributed by atoms with E-state index in [9.17, 15) is 8.42 Å². The van der Waals surface area contributed by atoms with Crippen LogP contribution in [0.4, 0.5) is 0 Å². The molecule has 0 bridgehead atoms. The fourth-order valence-electron chi connectivity index (χ4n) is 2.57. The van der Waals surface area contributed by atoms with Crippen molar-refractivity contribution >= 4 is 21.6 Å². The lowest BCUT2D eigenvalue weighted by atomic mass is 9.96. The third kappa shape index (κ3) is 3.95. The molecule has 0 heterocycles. The molecule has 2 rings (SSSR count). The van der Waals surface area contributed by atoms with Crippen molar-refractivity contribution in [3.63, 3.8) is 0 Å². The van der Waals surface area contributed by atoms with Gasteiger partial charge in [0.15, 0.2) is 0 Å². The molecule has 2 N–H and O–H groups in total. The number of rotatable bonds is 5. The predicted octanol–water partition coefficient (Wildman–Crippen LogP) is 2.67. The molecule has 1 aromatic rings. The van der Waals surface area contributed by atoms with Crippen molar-refractivity contribution in [1.29, 1.82) is 0 Å². The van der Waals surface area contributed by atoms with Gasteiger partial charge < -0.3 is 5.32 Å². The summed E-state index contributed by atoms with van der Waals surface area (Å²) in [5.74, 6) is 0. The summed E-state index contributed by atoms with van der Waals surface area (Å²) in [6.07, 6.45) is 5.18. The maximum atomic E-state index is 12.5. The molecule has 1 aromatic carbocycles. The summed E-state index contributed by atoms with van der Waals surface area (Å²) in [6, 6.07) is 5.16. The van der Waals surface area contributed by atoms with E-state index in [1.54, 1.807) is 12.1 Å². The molecule has 20 heavy (non-hydrogen) atoms. The molecule has 4 nitrogen and oxygen atoms in total. The lowest BCUT2D eigenvalue weighted by Gasteiger charge is -2.23. The van der Waals surface area contributed by atoms with Crippen molar-refractivity contribution in [3.05, 3.63) is 28.8 Å². The van der Waals surface area contributed by atoms with Gasteiger partial charge >= 0.3 is 0 Å². The summed E-state index contributed by atoms with van der Waals surface area (Å²) in [6.45, 7) is 0.614. The summed E-state index contributed by atoms with van der Waals surface area (Å²) in [4.78, 5) is 0.178. The first kappa shape index (κ1) is 15.8. The summed E-state index contributed by atoms with van der Waals surface area (Å²) < 4.78 is 27.7. The van der Waals surface area contributed by atoms with Crippen LogP contribution in [0.1, 0.15) is 37.7 Å². The van der Waals surface area contributed by atoms with E-state index < -0.39 is 10.0 Å². The lowest BCUT2D eigenvalue weighted by molar-refractivity contribution is 0.412. The Morgan fingerprint density at radius 3 is 2.60 bits per heavy atom. The molecule has 1 saturated carbocycles. The van der Waals surface area contributed by atoms with Gasteiger partial charge in [0, 0.05) is 12.6 Å². The monoisotopic (exact) mass is 316 g/mol. The van der Waals surface area contributed by atoms with Crippen LogP contribution < -0.4 is 10.0 Å². The average Bonchev–Trinajstić information content (AvgIpc) is 2.42. The van der Waals surface area contributed by atoms with Crippen LogP contribution in [-0.2, 0) is 16.6 Å². The van der Waals surface area contributed by atoms with Crippen LogP contribution >= 0.6 is 11.6 Å². The Balaban J connectivity index is 2.21. The minimum absolute atomic E-state index is 0.0396. The largest absolute Gasteiger partial charge is 0.316 e. The predicted molar refractivity (Wildman–Crippen MR) is 81.4 cm³/mol. The Bertz CT molecular complexity index is 554. The highest BCUT2D eigenvalue weighted by molar-refractivity contribution is 7.89. The van der Waals surface area contributed by atoms with Crippen molar-refractivity contribution in [2.45, 2.75) is 49.6 Å². The van der Waals surface area contributed by atoms with E-state index in [2.05, 4.69) is 10.0 Å². The topological polar surface area (TPSA) is 58.2 Å². The van der Waals surface area contributed by atoms with Gasteiger partial charge in [0.25, 0.3) is 0 Å². The molecular weight excluding hydrogens is 296 g/mol. The van der Waals surface area contributed by atoms with Crippen LogP contribution in [-0.4, -0.2) is 21.5 Å². The first-order chi connectivity index (χ1) is 9.53. The highest BCUT2D eigenvalue weighted by Crippen LogP contribution is 2.25. The van der Waals surface area contributed by atoms with Crippen LogP contribution in [0, 0.1) is 0 Å². The quantitative estimate of drug-likeness (QED) is 0.878. The molecule has 0 aliphatic heterocycles. The molecule has 0 spiro atoms. The molecule has 1 aliphatic carbocycles. The number of halogens is 1. The van der Waals surface area contributed by atoms with E-state index in [-0.39, 0.29) is 16.0 Å². The molecule has 0 atom stereocenters. The van der Waals surface area contributed by atoms with E-state index in [0.29, 0.717) is 6.54 Å². The van der Waals surface area contributed by atoms with Crippen LogP contribution in [0.5, 0.6) is 0 Å². The zero-order valence-electron chi connectivity index (χ0n) is 11.7. The highest BCUT2D eigenvalue weighted by atomic mass is 35.5. The van der Waals surface area contributed by atoms with Crippen molar-refractivity contribution in [2.75, 3.05) is 7.05 Å². The van der Waals surface area contributed by atoms with Crippen LogP contribution in [0.25, 0.3) is 0 Å². The van der Waals surface area contributed by atoms with Crippen molar-refractivity contribution < 1.29 is 8.42 Å². The van der Waals surface area contributed by atoms with Crippen LogP contribution in [0.3, 0.4) is 0 Å². The Morgan fingerprint density at radius 2 is 1.95 bits per heavy atom. The SMILES string of the molecule is CNCc1ccc(Cl)c(S(=O)(=O)NC2CCCCC2)c1. The van der Waals surface area contributed by atoms with E-state index in [1.807, 2.05) is 13.1 Å². The maximum Gasteiger partial charge on any atom is 0.242 e. The summed E-state index contributed by atoms with van der Waals surface area (Å²) in [5, 5.41) is 3.28. The van der Waals surface area contributed by atoms with Crippen molar-refractivity contribution in [2.24, 2.45) is 0 Å². The molecule has 0 radical (unpaired) electrons. The lowest BCUT2D eigenvalue weighted by Crippen LogP contribution is -2.36. The van der Waals surface area contributed by atoms with E-state index in [0.717, 1.165) is 31.2 Å². The Hall–Kier alpha value is -0.620. The van der Waals surface area contributed by atoms with Gasteiger partial charge in [0.1, 0.15) is 4.90 Å². The third-order valence-corrected chi connectivity index (χ3v) is 5.60. The number of hydrogen-bond donors (Lipinski definition) is 2. The average molecular weight is 317 g/mol. The minimum atomic E-state index is -3.54. The molecule has 1 aliphatic rings. The number of benzene rings is 1. The Morgan fingerprint density at radius 1 is 1.25 bits per heavy atom. The Labute approximate surface area is 126 Å². The van der Waals surface area contributed by atoms with E-state index in [4.69, 9.17) is 11.6 Å². The fourth-order valence-corrected chi connectivity index (χ4v) is 4.43. The summed E-state index contributed by atoms with van der Waals surface area (Å²) >= 11 is 6.06. The van der Waals surface area contributed by atoms with Crippen molar-refractivity contribution in [3.8, 4) is 0 Å². The maximum absolute atomic E-state index is 12.5. The highest BCUT2D eigenvalue weighted by Gasteiger charge is 2.24. The van der Waals surface area contributed by atoms with Gasteiger partial charge in [0.05, 0.1) is 5.02 Å². The van der Waals surface area contributed by atoms with E-state index >= 15 is 0 Å². The third-order valence-electron chi connectivity index (χ3n) is 3.59. The molecule has 0 amide bonds. The zero-order chi connectivity index (χ0) is 14.6. The summed E-state index contributed by atoms with van der Waals surface area (Å²) in [7, 11) is -1.72. The number of nitrogens with one attached hydrogen (secondary N) is 2. The van der Waals surface area contributed by atoms with Gasteiger partial charge in [-0.15, -0.1) is 0 Å². The van der Waals surface area contributed by atoms with Crippen molar-refractivity contribution in [1.82, 2.24) is 10.0 Å². The standard InChI is InChI=1S/C14H21ClN2O2S/c1-16-10-11-7-8-13(15)14(9-11)20(18,19)17-12-5-3-2-4-6-12/h7-9,12,16-17H,2-6,10H2,1H3. The smallest absolute Gasteiger partial charge is 0.242 e. The second kappa shape index (κ2) is 6.89. The first-order valence-corrected chi connectivity index (χ1v) is 8.84. The molecule has 112 valence electrons. The first-order valence-electron chi connectivity index (χ1n) is 6.98. The van der Waals surface area contributed by atoms with Gasteiger partial charge in [-0.2, -0.15) is 0 Å². The second-order valence-electron chi connectivity index (χ2n) is 5.25. The van der Waals surface area contributed by atoms with Gasteiger partial charge in [-0.3, -0.25) is 0 Å². The van der Waals surface area contributed by atoms with Gasteiger partial charge in [0.2, 0.25) is 10.0 Å². The number of hydrogen-bond acceptors (Lipinski definition) is 3. The molecule has 6 heteroatoms. The normalized spacial score (nSPS) is 17.3. The Kier molecular flexibility index (Phi) is 5.43. The van der Waals surface area contributed by atoms with Gasteiger partial charge in [-0.1, -0.05) is 36.9 Å². The van der Waals surface area contributed by atoms with Crippen LogP contribution in [0.2, 0.25) is 5.02 Å². The number of sulfonamides is 1. The van der Waals surface area contributed by atoms with Crippen LogP contribution in [0.15, 0.2) is 23.1 Å². The molecule has 0 saturated heterocycles. The molecular formula is C14H21ClN2O2S. The second-order valence-corrected chi connectivity index (χ2v) is 7.34. The van der Waals surface area contributed by atoms with Gasteiger partial charge in [-0.25, -0.2) is 13.1 Å². The molecule has 0 unspecified atom stereocenters. The molecule has 0 aromatic heterocycles. The van der Waals surface area contributed by atoms with E-state index in [1.165, 1.54) is 6.42 Å². The summed E-state index contributed by atoms with van der Waals surface area (Å²) in [5.41, 5.74) is 0.904. The fraction of sp³-hybridized carbons (Fsp3) is 0.571. The molecule has 1 fully saturated rings. The van der Waals surface area contributed by atoms with Gasteiger partial charge in [-0.05, 0) is 37.6 Å².